The molecule has 0 aromatic heterocycles. The Morgan fingerprint density at radius 2 is 1.90 bits per heavy atom. The number of halogens is 2. The first-order valence-electron chi connectivity index (χ1n) is 6.52. The average Bonchev–Trinajstić information content (AvgIpc) is 2.48. The highest BCUT2D eigenvalue weighted by atomic mass is 32.2. The van der Waals surface area contributed by atoms with E-state index in [1.807, 2.05) is 0 Å². The third kappa shape index (κ3) is 4.86. The molecule has 5 heteroatoms. The Morgan fingerprint density at radius 1 is 1.10 bits per heavy atom. The fourth-order valence-electron chi connectivity index (χ4n) is 1.77. The predicted octanol–water partition coefficient (Wildman–Crippen LogP) is 3.63. The first-order valence-corrected chi connectivity index (χ1v) is 7.67. The topological polar surface area (TPSA) is 29.1 Å². The van der Waals surface area contributed by atoms with Gasteiger partial charge >= 0.3 is 0 Å². The van der Waals surface area contributed by atoms with Crippen LogP contribution in [-0.2, 0) is 5.75 Å². The highest BCUT2D eigenvalue weighted by Gasteiger charge is 2.05. The van der Waals surface area contributed by atoms with Crippen molar-refractivity contribution in [1.82, 2.24) is 5.32 Å². The van der Waals surface area contributed by atoms with Crippen molar-refractivity contribution in [2.75, 3.05) is 12.3 Å². The third-order valence-corrected chi connectivity index (χ3v) is 3.84. The lowest BCUT2D eigenvalue weighted by Gasteiger charge is -2.06. The molecule has 0 bridgehead atoms. The zero-order chi connectivity index (χ0) is 15.1. The van der Waals surface area contributed by atoms with Crippen molar-refractivity contribution >= 4 is 17.7 Å². The molecular formula is C16H15F2NOS. The van der Waals surface area contributed by atoms with E-state index < -0.39 is 5.82 Å². The van der Waals surface area contributed by atoms with E-state index in [0.717, 1.165) is 0 Å². The van der Waals surface area contributed by atoms with Gasteiger partial charge in [0.05, 0.1) is 0 Å². The summed E-state index contributed by atoms with van der Waals surface area (Å²) in [6, 6.07) is 12.2. The van der Waals surface area contributed by atoms with E-state index in [-0.39, 0.29) is 11.7 Å². The van der Waals surface area contributed by atoms with Crippen LogP contribution in [0.4, 0.5) is 8.78 Å². The van der Waals surface area contributed by atoms with E-state index in [2.05, 4.69) is 5.32 Å². The maximum atomic E-state index is 13.4. The molecule has 0 atom stereocenters. The van der Waals surface area contributed by atoms with Gasteiger partial charge in [0.2, 0.25) is 0 Å². The van der Waals surface area contributed by atoms with Gasteiger partial charge in [-0.3, -0.25) is 4.79 Å². The SMILES string of the molecule is O=C(NCCSCc1ccccc1F)c1cccc(F)c1. The van der Waals surface area contributed by atoms with Gasteiger partial charge in [-0.2, -0.15) is 11.8 Å². The molecule has 0 heterocycles. The molecule has 1 amide bonds. The molecule has 0 radical (unpaired) electrons. The maximum Gasteiger partial charge on any atom is 0.251 e. The molecule has 2 aromatic carbocycles. The second-order valence-electron chi connectivity index (χ2n) is 4.41. The predicted molar refractivity (Wildman–Crippen MR) is 81.3 cm³/mol. The molecule has 0 spiro atoms. The zero-order valence-corrected chi connectivity index (χ0v) is 12.1. The standard InChI is InChI=1S/C16H15F2NOS/c17-14-6-3-5-12(10-14)16(20)19-8-9-21-11-13-4-1-2-7-15(13)18/h1-7,10H,8-9,11H2,(H,19,20). The molecule has 1 N–H and O–H groups in total. The van der Waals surface area contributed by atoms with Crippen LogP contribution in [0, 0.1) is 11.6 Å². The van der Waals surface area contributed by atoms with Crippen LogP contribution in [-0.4, -0.2) is 18.2 Å². The molecule has 2 nitrogen and oxygen atoms in total. The normalized spacial score (nSPS) is 10.4. The Labute approximate surface area is 126 Å². The summed E-state index contributed by atoms with van der Waals surface area (Å²) in [6.07, 6.45) is 0. The van der Waals surface area contributed by atoms with Gasteiger partial charge in [-0.25, -0.2) is 8.78 Å². The minimum absolute atomic E-state index is 0.214. The lowest BCUT2D eigenvalue weighted by atomic mass is 10.2. The summed E-state index contributed by atoms with van der Waals surface area (Å²) >= 11 is 1.53. The lowest BCUT2D eigenvalue weighted by molar-refractivity contribution is 0.0955. The van der Waals surface area contributed by atoms with Gasteiger partial charge in [0.15, 0.2) is 0 Å². The number of nitrogens with one attached hydrogen (secondary N) is 1. The minimum Gasteiger partial charge on any atom is -0.351 e. The first kappa shape index (κ1) is 15.5. The molecule has 2 rings (SSSR count). The van der Waals surface area contributed by atoms with Crippen LogP contribution in [0.2, 0.25) is 0 Å². The molecular weight excluding hydrogens is 292 g/mol. The summed E-state index contributed by atoms with van der Waals surface area (Å²) < 4.78 is 26.3. The summed E-state index contributed by atoms with van der Waals surface area (Å²) in [5.41, 5.74) is 0.952. The second-order valence-corrected chi connectivity index (χ2v) is 5.52. The quantitative estimate of drug-likeness (QED) is 0.826. The van der Waals surface area contributed by atoms with Crippen molar-refractivity contribution in [2.45, 2.75) is 5.75 Å². The summed E-state index contributed by atoms with van der Waals surface area (Å²) in [4.78, 5) is 11.7. The zero-order valence-electron chi connectivity index (χ0n) is 11.3. The van der Waals surface area contributed by atoms with Crippen molar-refractivity contribution in [3.8, 4) is 0 Å². The molecule has 0 aliphatic carbocycles. The molecule has 0 saturated heterocycles. The van der Waals surface area contributed by atoms with Gasteiger partial charge in [0.25, 0.3) is 5.91 Å². The van der Waals surface area contributed by atoms with E-state index in [1.165, 1.54) is 36.0 Å². The minimum atomic E-state index is -0.434. The molecule has 0 saturated carbocycles. The van der Waals surface area contributed by atoms with Gasteiger partial charge in [0.1, 0.15) is 11.6 Å². The number of amides is 1. The summed E-state index contributed by atoms with van der Waals surface area (Å²) in [5, 5.41) is 2.71. The number of hydrogen-bond donors (Lipinski definition) is 1. The van der Waals surface area contributed by atoms with Gasteiger partial charge in [0, 0.05) is 23.6 Å². The van der Waals surface area contributed by atoms with Gasteiger partial charge in [-0.15, -0.1) is 0 Å². The number of thioether (sulfide) groups is 1. The molecule has 0 aliphatic rings. The van der Waals surface area contributed by atoms with Gasteiger partial charge in [-0.05, 0) is 29.8 Å². The number of carbonyl (C=O) groups excluding carboxylic acids is 1. The molecule has 21 heavy (non-hydrogen) atoms. The summed E-state index contributed by atoms with van der Waals surface area (Å²) in [7, 11) is 0. The number of hydrogen-bond acceptors (Lipinski definition) is 2. The van der Waals surface area contributed by atoms with E-state index in [1.54, 1.807) is 24.3 Å². The molecule has 0 fully saturated rings. The van der Waals surface area contributed by atoms with Crippen molar-refractivity contribution < 1.29 is 13.6 Å². The van der Waals surface area contributed by atoms with Gasteiger partial charge < -0.3 is 5.32 Å². The van der Waals surface area contributed by atoms with Crippen LogP contribution >= 0.6 is 11.8 Å². The molecule has 0 unspecified atom stereocenters. The lowest BCUT2D eigenvalue weighted by Crippen LogP contribution is -2.25. The average molecular weight is 307 g/mol. The number of carbonyl (C=O) groups is 1. The monoisotopic (exact) mass is 307 g/mol. The molecule has 110 valence electrons. The van der Waals surface area contributed by atoms with Crippen LogP contribution in [0.1, 0.15) is 15.9 Å². The first-order chi connectivity index (χ1) is 10.2. The van der Waals surface area contributed by atoms with E-state index >= 15 is 0 Å². The van der Waals surface area contributed by atoms with Crippen LogP contribution in [0.15, 0.2) is 48.5 Å². The largest absolute Gasteiger partial charge is 0.351 e. The van der Waals surface area contributed by atoms with Crippen molar-refractivity contribution in [3.63, 3.8) is 0 Å². The Kier molecular flexibility index (Phi) is 5.75. The highest BCUT2D eigenvalue weighted by molar-refractivity contribution is 7.98. The number of benzene rings is 2. The van der Waals surface area contributed by atoms with Crippen LogP contribution in [0.5, 0.6) is 0 Å². The highest BCUT2D eigenvalue weighted by Crippen LogP contribution is 2.14. The fourth-order valence-corrected chi connectivity index (χ4v) is 2.61. The third-order valence-electron chi connectivity index (χ3n) is 2.83. The van der Waals surface area contributed by atoms with Crippen molar-refractivity contribution in [3.05, 3.63) is 71.3 Å². The smallest absolute Gasteiger partial charge is 0.251 e. The van der Waals surface area contributed by atoms with Crippen LogP contribution < -0.4 is 5.32 Å². The van der Waals surface area contributed by atoms with Gasteiger partial charge in [-0.1, -0.05) is 24.3 Å². The Balaban J connectivity index is 1.70. The Morgan fingerprint density at radius 3 is 2.67 bits per heavy atom. The molecule has 2 aromatic rings. The van der Waals surface area contributed by atoms with Crippen LogP contribution in [0.3, 0.4) is 0 Å². The van der Waals surface area contributed by atoms with E-state index in [0.29, 0.717) is 29.2 Å². The molecule has 0 aliphatic heterocycles. The fraction of sp³-hybridized carbons (Fsp3) is 0.188. The number of rotatable bonds is 6. The Hall–Kier alpha value is -1.88. The second kappa shape index (κ2) is 7.78. The van der Waals surface area contributed by atoms with Crippen LogP contribution in [0.25, 0.3) is 0 Å². The van der Waals surface area contributed by atoms with Crippen molar-refractivity contribution in [1.29, 1.82) is 0 Å². The van der Waals surface area contributed by atoms with Crippen molar-refractivity contribution in [2.24, 2.45) is 0 Å². The Bertz CT molecular complexity index is 619. The summed E-state index contributed by atoms with van der Waals surface area (Å²) in [6.45, 7) is 0.453. The van der Waals surface area contributed by atoms with E-state index in [4.69, 9.17) is 0 Å². The maximum absolute atomic E-state index is 13.4. The summed E-state index contributed by atoms with van der Waals surface area (Å²) in [5.74, 6) is 0.268. The van der Waals surface area contributed by atoms with E-state index in [9.17, 15) is 13.6 Å².